The van der Waals surface area contributed by atoms with Crippen molar-refractivity contribution in [1.82, 2.24) is 10.2 Å². The number of hydrogen-bond acceptors (Lipinski definition) is 3. The van der Waals surface area contributed by atoms with Crippen LogP contribution in [0, 0.1) is 6.92 Å². The van der Waals surface area contributed by atoms with E-state index in [4.69, 9.17) is 0 Å². The lowest BCUT2D eigenvalue weighted by atomic mass is 9.97. The van der Waals surface area contributed by atoms with Crippen molar-refractivity contribution < 1.29 is 9.90 Å². The zero-order valence-electron chi connectivity index (χ0n) is 11.2. The molecule has 2 rings (SSSR count). The second-order valence-corrected chi connectivity index (χ2v) is 5.40. The molecule has 1 amide bonds. The molecule has 0 radical (unpaired) electrons. The highest BCUT2D eigenvalue weighted by Crippen LogP contribution is 2.24. The molecule has 18 heavy (non-hydrogen) atoms. The van der Waals surface area contributed by atoms with E-state index in [0.29, 0.717) is 17.7 Å². The Morgan fingerprint density at radius 3 is 2.83 bits per heavy atom. The summed E-state index contributed by atoms with van der Waals surface area (Å²) in [7, 11) is 0. The lowest BCUT2D eigenvalue weighted by Crippen LogP contribution is -2.59. The normalized spacial score (nSPS) is 18.7. The minimum atomic E-state index is -0.201. The van der Waals surface area contributed by atoms with Crippen LogP contribution in [0.5, 0.6) is 5.75 Å². The highest BCUT2D eigenvalue weighted by atomic mass is 16.3. The van der Waals surface area contributed by atoms with Crippen LogP contribution >= 0.6 is 0 Å². The number of phenols is 1. The first kappa shape index (κ1) is 12.9. The van der Waals surface area contributed by atoms with Gasteiger partial charge in [-0.25, -0.2) is 0 Å². The molecule has 0 saturated carbocycles. The van der Waals surface area contributed by atoms with Gasteiger partial charge in [0.05, 0.1) is 5.54 Å². The van der Waals surface area contributed by atoms with Crippen molar-refractivity contribution >= 4 is 5.91 Å². The van der Waals surface area contributed by atoms with Crippen molar-refractivity contribution in [3.05, 3.63) is 29.3 Å². The lowest BCUT2D eigenvalue weighted by molar-refractivity contribution is 0.0476. The molecule has 1 heterocycles. The van der Waals surface area contributed by atoms with E-state index >= 15 is 0 Å². The molecule has 4 nitrogen and oxygen atoms in total. The van der Waals surface area contributed by atoms with Gasteiger partial charge >= 0.3 is 0 Å². The van der Waals surface area contributed by atoms with Crippen LogP contribution < -0.4 is 5.32 Å². The van der Waals surface area contributed by atoms with E-state index in [1.54, 1.807) is 25.1 Å². The van der Waals surface area contributed by atoms with Crippen LogP contribution in [0.1, 0.15) is 29.8 Å². The second-order valence-electron chi connectivity index (χ2n) is 5.40. The summed E-state index contributed by atoms with van der Waals surface area (Å²) < 4.78 is 0. The Hall–Kier alpha value is -1.55. The Morgan fingerprint density at radius 2 is 2.17 bits per heavy atom. The highest BCUT2D eigenvalue weighted by Gasteiger charge is 2.34. The molecule has 0 aromatic heterocycles. The van der Waals surface area contributed by atoms with E-state index in [-0.39, 0.29) is 17.2 Å². The second kappa shape index (κ2) is 4.61. The molecule has 1 aromatic rings. The number of nitrogens with one attached hydrogen (secondary N) is 1. The average molecular weight is 248 g/mol. The molecule has 98 valence electrons. The summed E-state index contributed by atoms with van der Waals surface area (Å²) in [6.07, 6.45) is 0. The van der Waals surface area contributed by atoms with Gasteiger partial charge in [0.1, 0.15) is 5.75 Å². The van der Waals surface area contributed by atoms with Crippen LogP contribution in [-0.2, 0) is 0 Å². The number of phenolic OH excluding ortho intramolecular Hbond substituents is 1. The third kappa shape index (κ3) is 2.20. The summed E-state index contributed by atoms with van der Waals surface area (Å²) in [6.45, 7) is 8.17. The Morgan fingerprint density at radius 1 is 1.44 bits per heavy atom. The van der Waals surface area contributed by atoms with Crippen LogP contribution in [0.3, 0.4) is 0 Å². The Kier molecular flexibility index (Phi) is 3.30. The topological polar surface area (TPSA) is 52.6 Å². The summed E-state index contributed by atoms with van der Waals surface area (Å²) in [6, 6.07) is 5.09. The molecule has 0 atom stereocenters. The van der Waals surface area contributed by atoms with E-state index in [1.165, 1.54) is 0 Å². The number of hydrogen-bond donors (Lipinski definition) is 2. The standard InChI is InChI=1S/C14H20N2O2/c1-10-11(5-4-6-12(10)17)13(18)16-8-7-15-9-14(16,2)3/h4-6,15,17H,7-9H2,1-3H3. The summed E-state index contributed by atoms with van der Waals surface area (Å²) in [4.78, 5) is 14.5. The number of carbonyl (C=O) groups excluding carboxylic acids is 1. The number of aromatic hydroxyl groups is 1. The van der Waals surface area contributed by atoms with Crippen LogP contribution in [-0.4, -0.2) is 41.1 Å². The maximum atomic E-state index is 12.6. The van der Waals surface area contributed by atoms with Crippen molar-refractivity contribution in [2.45, 2.75) is 26.3 Å². The average Bonchev–Trinajstić information content (AvgIpc) is 2.31. The van der Waals surface area contributed by atoms with Gasteiger partial charge in [-0.15, -0.1) is 0 Å². The largest absolute Gasteiger partial charge is 0.508 e. The molecule has 2 N–H and O–H groups in total. The van der Waals surface area contributed by atoms with E-state index in [2.05, 4.69) is 19.2 Å². The minimum absolute atomic E-state index is 0.00472. The number of nitrogens with zero attached hydrogens (tertiary/aromatic N) is 1. The van der Waals surface area contributed by atoms with Gasteiger partial charge in [-0.3, -0.25) is 4.79 Å². The van der Waals surface area contributed by atoms with Gasteiger partial charge < -0.3 is 15.3 Å². The molecule has 0 unspecified atom stereocenters. The van der Waals surface area contributed by atoms with Crippen LogP contribution in [0.4, 0.5) is 0 Å². The summed E-state index contributed by atoms with van der Waals surface area (Å²) in [5, 5.41) is 13.0. The highest BCUT2D eigenvalue weighted by molar-refractivity contribution is 5.96. The van der Waals surface area contributed by atoms with Gasteiger partial charge in [0.15, 0.2) is 0 Å². The Balaban J connectivity index is 2.33. The first-order chi connectivity index (χ1) is 8.43. The molecular weight excluding hydrogens is 228 g/mol. The number of piperazine rings is 1. The Labute approximate surface area is 108 Å². The number of rotatable bonds is 1. The van der Waals surface area contributed by atoms with Gasteiger partial charge in [0.2, 0.25) is 0 Å². The fraction of sp³-hybridized carbons (Fsp3) is 0.500. The molecule has 0 bridgehead atoms. The molecule has 1 saturated heterocycles. The molecule has 1 aliphatic rings. The fourth-order valence-electron chi connectivity index (χ4n) is 2.36. The van der Waals surface area contributed by atoms with Crippen molar-refractivity contribution in [2.75, 3.05) is 19.6 Å². The predicted molar refractivity (Wildman–Crippen MR) is 70.8 cm³/mol. The monoisotopic (exact) mass is 248 g/mol. The van der Waals surface area contributed by atoms with Crippen LogP contribution in [0.2, 0.25) is 0 Å². The predicted octanol–water partition coefficient (Wildman–Crippen LogP) is 1.52. The quantitative estimate of drug-likeness (QED) is 0.792. The van der Waals surface area contributed by atoms with Crippen molar-refractivity contribution in [3.63, 3.8) is 0 Å². The third-order valence-corrected chi connectivity index (χ3v) is 3.58. The lowest BCUT2D eigenvalue weighted by Gasteiger charge is -2.43. The number of carbonyl (C=O) groups is 1. The third-order valence-electron chi connectivity index (χ3n) is 3.58. The molecule has 0 aliphatic carbocycles. The van der Waals surface area contributed by atoms with Crippen LogP contribution in [0.25, 0.3) is 0 Å². The minimum Gasteiger partial charge on any atom is -0.508 e. The molecule has 1 fully saturated rings. The van der Waals surface area contributed by atoms with Gasteiger partial charge in [0.25, 0.3) is 5.91 Å². The zero-order valence-corrected chi connectivity index (χ0v) is 11.2. The smallest absolute Gasteiger partial charge is 0.254 e. The first-order valence-electron chi connectivity index (χ1n) is 6.25. The number of amides is 1. The zero-order chi connectivity index (χ0) is 13.3. The van der Waals surface area contributed by atoms with Crippen molar-refractivity contribution in [3.8, 4) is 5.75 Å². The first-order valence-corrected chi connectivity index (χ1v) is 6.25. The van der Waals surface area contributed by atoms with Gasteiger partial charge in [0, 0.05) is 30.8 Å². The van der Waals surface area contributed by atoms with E-state index in [1.807, 2.05) is 4.90 Å². The van der Waals surface area contributed by atoms with Crippen molar-refractivity contribution in [1.29, 1.82) is 0 Å². The van der Waals surface area contributed by atoms with E-state index in [0.717, 1.165) is 13.1 Å². The summed E-state index contributed by atoms with van der Waals surface area (Å²) in [5.41, 5.74) is 1.04. The Bertz CT molecular complexity index is 469. The van der Waals surface area contributed by atoms with Crippen LogP contribution in [0.15, 0.2) is 18.2 Å². The maximum Gasteiger partial charge on any atom is 0.254 e. The van der Waals surface area contributed by atoms with E-state index < -0.39 is 0 Å². The molecule has 0 spiro atoms. The van der Waals surface area contributed by atoms with Crippen molar-refractivity contribution in [2.24, 2.45) is 0 Å². The van der Waals surface area contributed by atoms with Gasteiger partial charge in [-0.2, -0.15) is 0 Å². The SMILES string of the molecule is Cc1c(O)cccc1C(=O)N1CCNCC1(C)C. The summed E-state index contributed by atoms with van der Waals surface area (Å²) >= 11 is 0. The van der Waals surface area contributed by atoms with Gasteiger partial charge in [-0.1, -0.05) is 6.07 Å². The van der Waals surface area contributed by atoms with Gasteiger partial charge in [-0.05, 0) is 32.9 Å². The van der Waals surface area contributed by atoms with E-state index in [9.17, 15) is 9.90 Å². The summed E-state index contributed by atoms with van der Waals surface area (Å²) in [5.74, 6) is 0.170. The molecular formula is C14H20N2O2. The number of benzene rings is 1. The maximum absolute atomic E-state index is 12.6. The molecule has 1 aliphatic heterocycles. The fourth-order valence-corrected chi connectivity index (χ4v) is 2.36. The molecule has 1 aromatic carbocycles. The molecule has 4 heteroatoms.